The van der Waals surface area contributed by atoms with Gasteiger partial charge in [0.1, 0.15) is 5.82 Å². The van der Waals surface area contributed by atoms with Crippen LogP contribution in [0.15, 0.2) is 48.8 Å². The Hall–Kier alpha value is -2.31. The van der Waals surface area contributed by atoms with E-state index in [1.54, 1.807) is 0 Å². The summed E-state index contributed by atoms with van der Waals surface area (Å²) in [6.45, 7) is 0.585. The van der Waals surface area contributed by atoms with Crippen LogP contribution in [0, 0.1) is 5.82 Å². The fraction of sp³-hybridized carbons (Fsp3) is 0.294. The van der Waals surface area contributed by atoms with Crippen LogP contribution in [0.25, 0.3) is 0 Å². The molecule has 1 atom stereocenters. The zero-order valence-electron chi connectivity index (χ0n) is 12.9. The second kappa shape index (κ2) is 8.36. The Labute approximate surface area is 134 Å². The van der Waals surface area contributed by atoms with E-state index in [1.807, 2.05) is 30.3 Å². The van der Waals surface area contributed by atoms with Crippen LogP contribution < -0.4 is 0 Å². The van der Waals surface area contributed by atoms with Gasteiger partial charge in [0.25, 0.3) is 5.91 Å². The lowest BCUT2D eigenvalue weighted by Gasteiger charge is -2.21. The van der Waals surface area contributed by atoms with Crippen LogP contribution in [0.4, 0.5) is 4.39 Å². The monoisotopic (exact) mass is 318 g/mol. The zero-order valence-corrected chi connectivity index (χ0v) is 12.9. The molecule has 0 aliphatic carbocycles. The molecule has 1 aromatic carbocycles. The molecular weight excluding hydrogens is 299 g/mol. The summed E-state index contributed by atoms with van der Waals surface area (Å²) in [6, 6.07) is 10.7. The lowest BCUT2D eigenvalue weighted by Crippen LogP contribution is -2.36. The lowest BCUT2D eigenvalue weighted by atomic mass is 10.2. The predicted octanol–water partition coefficient (Wildman–Crippen LogP) is 1.87. The van der Waals surface area contributed by atoms with Crippen LogP contribution in [0.5, 0.6) is 0 Å². The Kier molecular flexibility index (Phi) is 6.19. The van der Waals surface area contributed by atoms with E-state index in [0.717, 1.165) is 17.8 Å². The van der Waals surface area contributed by atoms with Crippen molar-refractivity contribution in [3.63, 3.8) is 0 Å². The molecule has 0 fully saturated rings. The number of carbonyl (C=O) groups is 1. The molecule has 23 heavy (non-hydrogen) atoms. The van der Waals surface area contributed by atoms with Gasteiger partial charge >= 0.3 is 0 Å². The highest BCUT2D eigenvalue weighted by atomic mass is 19.1. The molecule has 2 aromatic rings. The van der Waals surface area contributed by atoms with Crippen molar-refractivity contribution in [2.75, 3.05) is 20.2 Å². The van der Waals surface area contributed by atoms with E-state index in [9.17, 15) is 14.3 Å². The number of aromatic nitrogens is 1. The number of nitrogens with zero attached hydrogens (tertiary/aromatic N) is 2. The zero-order chi connectivity index (χ0) is 16.7. The first-order valence-corrected chi connectivity index (χ1v) is 7.22. The number of aliphatic hydroxyl groups is 1. The van der Waals surface area contributed by atoms with Crippen LogP contribution in [0.2, 0.25) is 0 Å². The van der Waals surface area contributed by atoms with Gasteiger partial charge in [0.15, 0.2) is 0 Å². The molecule has 0 aliphatic rings. The van der Waals surface area contributed by atoms with E-state index in [4.69, 9.17) is 4.74 Å². The third kappa shape index (κ3) is 5.43. The maximum Gasteiger partial charge on any atom is 0.255 e. The molecule has 1 aromatic heterocycles. The summed E-state index contributed by atoms with van der Waals surface area (Å²) in [5.41, 5.74) is 1.15. The van der Waals surface area contributed by atoms with Crippen LogP contribution in [0.1, 0.15) is 15.9 Å². The van der Waals surface area contributed by atoms with Crippen molar-refractivity contribution in [3.05, 3.63) is 65.7 Å². The van der Waals surface area contributed by atoms with Gasteiger partial charge in [-0.15, -0.1) is 0 Å². The second-order valence-corrected chi connectivity index (χ2v) is 5.23. The number of hydrogen-bond donors (Lipinski definition) is 1. The molecule has 6 heteroatoms. The summed E-state index contributed by atoms with van der Waals surface area (Å²) >= 11 is 0. The molecule has 1 amide bonds. The number of aliphatic hydroxyl groups excluding tert-OH is 1. The largest absolute Gasteiger partial charge is 0.389 e. The van der Waals surface area contributed by atoms with Gasteiger partial charge in [0.2, 0.25) is 0 Å². The van der Waals surface area contributed by atoms with Gasteiger partial charge in [0, 0.05) is 19.8 Å². The van der Waals surface area contributed by atoms with Crippen molar-refractivity contribution in [2.24, 2.45) is 0 Å². The van der Waals surface area contributed by atoms with Gasteiger partial charge < -0.3 is 14.7 Å². The molecule has 0 saturated carbocycles. The van der Waals surface area contributed by atoms with E-state index in [0.29, 0.717) is 6.61 Å². The Morgan fingerprint density at radius 1 is 1.35 bits per heavy atom. The molecule has 0 spiro atoms. The normalized spacial score (nSPS) is 12.0. The smallest absolute Gasteiger partial charge is 0.255 e. The van der Waals surface area contributed by atoms with Crippen LogP contribution >= 0.6 is 0 Å². The maximum absolute atomic E-state index is 13.1. The minimum absolute atomic E-state index is 0.0874. The van der Waals surface area contributed by atoms with E-state index in [1.165, 1.54) is 18.1 Å². The molecule has 0 aliphatic heterocycles. The highest BCUT2D eigenvalue weighted by molar-refractivity contribution is 5.93. The molecule has 1 N–H and O–H groups in total. The molecule has 0 radical (unpaired) electrons. The van der Waals surface area contributed by atoms with Gasteiger partial charge in [0.05, 0.1) is 31.1 Å². The molecule has 1 heterocycles. The average Bonchev–Trinajstić information content (AvgIpc) is 2.55. The van der Waals surface area contributed by atoms with Gasteiger partial charge in [-0.25, -0.2) is 4.39 Å². The Morgan fingerprint density at radius 3 is 2.78 bits per heavy atom. The molecule has 2 rings (SSSR count). The summed E-state index contributed by atoms with van der Waals surface area (Å²) in [5.74, 6) is -0.977. The third-order valence-corrected chi connectivity index (χ3v) is 3.20. The third-order valence-electron chi connectivity index (χ3n) is 3.20. The summed E-state index contributed by atoms with van der Waals surface area (Å²) in [4.78, 5) is 17.0. The Bertz CT molecular complexity index is 637. The first-order chi connectivity index (χ1) is 11.1. The number of amides is 1. The van der Waals surface area contributed by atoms with E-state index in [2.05, 4.69) is 4.98 Å². The Balaban J connectivity index is 1.78. The van der Waals surface area contributed by atoms with E-state index in [-0.39, 0.29) is 18.7 Å². The van der Waals surface area contributed by atoms with E-state index >= 15 is 0 Å². The lowest BCUT2D eigenvalue weighted by molar-refractivity contribution is 0.0137. The van der Waals surface area contributed by atoms with Crippen molar-refractivity contribution >= 4 is 5.91 Å². The second-order valence-electron chi connectivity index (χ2n) is 5.23. The highest BCUT2D eigenvalue weighted by Crippen LogP contribution is 2.06. The number of hydrogen-bond acceptors (Lipinski definition) is 4. The number of pyridine rings is 1. The van der Waals surface area contributed by atoms with Crippen molar-refractivity contribution in [2.45, 2.75) is 12.7 Å². The minimum atomic E-state index is -0.825. The van der Waals surface area contributed by atoms with Gasteiger partial charge in [-0.05, 0) is 11.6 Å². The molecular formula is C17H19FN2O3. The summed E-state index contributed by atoms with van der Waals surface area (Å²) in [6.07, 6.45) is 1.50. The van der Waals surface area contributed by atoms with Crippen molar-refractivity contribution in [1.82, 2.24) is 9.88 Å². The molecule has 0 saturated heterocycles. The van der Waals surface area contributed by atoms with Crippen molar-refractivity contribution < 1.29 is 19.0 Å². The standard InChI is InChI=1S/C17H19FN2O3/c1-20(17(22)14-7-15(18)9-19-8-14)10-16(21)12-23-11-13-5-3-2-4-6-13/h2-9,16,21H,10-12H2,1H3. The van der Waals surface area contributed by atoms with Gasteiger partial charge in [-0.3, -0.25) is 9.78 Å². The quantitative estimate of drug-likeness (QED) is 0.846. The molecule has 5 nitrogen and oxygen atoms in total. The van der Waals surface area contributed by atoms with E-state index < -0.39 is 17.8 Å². The van der Waals surface area contributed by atoms with Crippen molar-refractivity contribution in [1.29, 1.82) is 0 Å². The molecule has 122 valence electrons. The number of rotatable bonds is 7. The van der Waals surface area contributed by atoms with Crippen LogP contribution in [-0.4, -0.2) is 47.2 Å². The van der Waals surface area contributed by atoms with Gasteiger partial charge in [-0.1, -0.05) is 30.3 Å². The molecule has 0 bridgehead atoms. The summed E-state index contributed by atoms with van der Waals surface area (Å²) in [7, 11) is 1.54. The fourth-order valence-corrected chi connectivity index (χ4v) is 2.09. The van der Waals surface area contributed by atoms with Crippen LogP contribution in [0.3, 0.4) is 0 Å². The average molecular weight is 318 g/mol. The number of halogens is 1. The number of carbonyl (C=O) groups excluding carboxylic acids is 1. The molecule has 1 unspecified atom stereocenters. The number of likely N-dealkylation sites (N-methyl/N-ethyl adjacent to an activating group) is 1. The van der Waals surface area contributed by atoms with Crippen molar-refractivity contribution in [3.8, 4) is 0 Å². The highest BCUT2D eigenvalue weighted by Gasteiger charge is 2.16. The maximum atomic E-state index is 13.1. The SMILES string of the molecule is CN(CC(O)COCc1ccccc1)C(=O)c1cncc(F)c1. The Morgan fingerprint density at radius 2 is 2.09 bits per heavy atom. The minimum Gasteiger partial charge on any atom is -0.389 e. The van der Waals surface area contributed by atoms with Crippen LogP contribution in [-0.2, 0) is 11.3 Å². The predicted molar refractivity (Wildman–Crippen MR) is 83.3 cm³/mol. The fourth-order valence-electron chi connectivity index (χ4n) is 2.09. The first-order valence-electron chi connectivity index (χ1n) is 7.22. The first kappa shape index (κ1) is 17.1. The number of ether oxygens (including phenoxy) is 1. The summed E-state index contributed by atoms with van der Waals surface area (Å²) < 4.78 is 18.5. The topological polar surface area (TPSA) is 62.7 Å². The number of benzene rings is 1. The summed E-state index contributed by atoms with van der Waals surface area (Å²) in [5, 5.41) is 9.94. The van der Waals surface area contributed by atoms with Gasteiger partial charge in [-0.2, -0.15) is 0 Å².